The number of nitrogens with zero attached hydrogens (tertiary/aromatic N) is 1. The van der Waals surface area contributed by atoms with Crippen molar-refractivity contribution >= 4 is 17.6 Å². The minimum Gasteiger partial charge on any atom is -0.373 e. The monoisotopic (exact) mass is 292 g/mol. The molecule has 0 radical (unpaired) electrons. The molecule has 0 aliphatic carbocycles. The molecule has 0 aromatic carbocycles. The highest BCUT2D eigenvalue weighted by molar-refractivity contribution is 5.95. The van der Waals surface area contributed by atoms with Crippen LogP contribution in [0.1, 0.15) is 50.2 Å². The molecule has 4 N–H and O–H groups in total. The van der Waals surface area contributed by atoms with Crippen LogP contribution in [0.5, 0.6) is 0 Å². The third-order valence-electron chi connectivity index (χ3n) is 3.00. The Morgan fingerprint density at radius 1 is 1.33 bits per heavy atom. The van der Waals surface area contributed by atoms with E-state index in [1.807, 2.05) is 20.8 Å². The summed E-state index contributed by atoms with van der Waals surface area (Å²) in [6, 6.07) is 3.15. The Hall–Kier alpha value is -2.11. The lowest BCUT2D eigenvalue weighted by molar-refractivity contribution is -0.118. The molecule has 21 heavy (non-hydrogen) atoms. The first kappa shape index (κ1) is 16.9. The summed E-state index contributed by atoms with van der Waals surface area (Å²) >= 11 is 0. The number of amides is 2. The zero-order valence-corrected chi connectivity index (χ0v) is 13.3. The van der Waals surface area contributed by atoms with Crippen molar-refractivity contribution in [3.8, 4) is 0 Å². The number of carbonyl (C=O) groups is 2. The number of aromatic nitrogens is 1. The van der Waals surface area contributed by atoms with Gasteiger partial charge in [0.05, 0.1) is 0 Å². The summed E-state index contributed by atoms with van der Waals surface area (Å²) in [6.45, 7) is 7.85. The molecule has 6 heteroatoms. The van der Waals surface area contributed by atoms with Gasteiger partial charge in [0.25, 0.3) is 5.91 Å². The van der Waals surface area contributed by atoms with Crippen molar-refractivity contribution in [1.82, 2.24) is 10.3 Å². The normalized spacial score (nSPS) is 12.6. The maximum absolute atomic E-state index is 12.3. The molecule has 0 spiro atoms. The predicted octanol–water partition coefficient (Wildman–Crippen LogP) is 1.41. The molecule has 0 aliphatic rings. The molecular weight excluding hydrogens is 268 g/mol. The molecule has 1 rings (SSSR count). The lowest BCUT2D eigenvalue weighted by Crippen LogP contribution is -2.36. The molecule has 1 unspecified atom stereocenters. The first-order chi connectivity index (χ1) is 9.63. The molecule has 0 fully saturated rings. The molecule has 6 nitrogen and oxygen atoms in total. The van der Waals surface area contributed by atoms with Gasteiger partial charge in [-0.3, -0.25) is 9.59 Å². The minimum atomic E-state index is -0.441. The minimum absolute atomic E-state index is 0.113. The van der Waals surface area contributed by atoms with Crippen molar-refractivity contribution in [2.24, 2.45) is 5.73 Å². The Morgan fingerprint density at radius 3 is 2.43 bits per heavy atom. The van der Waals surface area contributed by atoms with E-state index < -0.39 is 5.91 Å². The fourth-order valence-electron chi connectivity index (χ4n) is 1.83. The van der Waals surface area contributed by atoms with Gasteiger partial charge in [0.2, 0.25) is 5.91 Å². The lowest BCUT2D eigenvalue weighted by Gasteiger charge is -2.20. The lowest BCUT2D eigenvalue weighted by atomic mass is 9.90. The quantitative estimate of drug-likeness (QED) is 0.764. The maximum Gasteiger partial charge on any atom is 0.251 e. The Balaban J connectivity index is 3.01. The molecule has 2 amide bonds. The van der Waals surface area contributed by atoms with E-state index in [1.165, 1.54) is 0 Å². The fraction of sp³-hybridized carbons (Fsp3) is 0.533. The summed E-state index contributed by atoms with van der Waals surface area (Å²) in [7, 11) is 1.76. The zero-order valence-electron chi connectivity index (χ0n) is 13.3. The molecular formula is C15H24N4O2. The molecule has 0 saturated carbocycles. The predicted molar refractivity (Wildman–Crippen MR) is 83.2 cm³/mol. The van der Waals surface area contributed by atoms with Gasteiger partial charge in [0, 0.05) is 36.2 Å². The second-order valence-electron chi connectivity index (χ2n) is 6.17. The first-order valence-electron chi connectivity index (χ1n) is 6.93. The Bertz CT molecular complexity index is 535. The van der Waals surface area contributed by atoms with Gasteiger partial charge in [-0.1, -0.05) is 20.8 Å². The highest BCUT2D eigenvalue weighted by atomic mass is 16.2. The van der Waals surface area contributed by atoms with Crippen molar-refractivity contribution in [3.63, 3.8) is 0 Å². The van der Waals surface area contributed by atoms with Crippen molar-refractivity contribution in [3.05, 3.63) is 23.4 Å². The van der Waals surface area contributed by atoms with E-state index in [0.717, 1.165) is 5.69 Å². The summed E-state index contributed by atoms with van der Waals surface area (Å²) < 4.78 is 0. The van der Waals surface area contributed by atoms with Crippen LogP contribution in [-0.4, -0.2) is 29.9 Å². The number of hydrogen-bond acceptors (Lipinski definition) is 4. The van der Waals surface area contributed by atoms with E-state index in [9.17, 15) is 9.59 Å². The summed E-state index contributed by atoms with van der Waals surface area (Å²) in [6.07, 6.45) is 0.113. The van der Waals surface area contributed by atoms with Gasteiger partial charge in [0.15, 0.2) is 0 Å². The molecule has 0 saturated heterocycles. The summed E-state index contributed by atoms with van der Waals surface area (Å²) in [4.78, 5) is 27.6. The van der Waals surface area contributed by atoms with Gasteiger partial charge in [0.1, 0.15) is 5.82 Å². The van der Waals surface area contributed by atoms with E-state index in [-0.39, 0.29) is 23.8 Å². The molecule has 0 aliphatic heterocycles. The summed E-state index contributed by atoms with van der Waals surface area (Å²) in [5, 5.41) is 5.72. The van der Waals surface area contributed by atoms with Crippen molar-refractivity contribution < 1.29 is 9.59 Å². The van der Waals surface area contributed by atoms with Gasteiger partial charge in [-0.05, 0) is 19.1 Å². The van der Waals surface area contributed by atoms with Crippen molar-refractivity contribution in [2.45, 2.75) is 45.6 Å². The fourth-order valence-corrected chi connectivity index (χ4v) is 1.83. The number of carbonyl (C=O) groups excluding carboxylic acids is 2. The van der Waals surface area contributed by atoms with Crippen LogP contribution in [-0.2, 0) is 10.2 Å². The number of hydrogen-bond donors (Lipinski definition) is 3. The maximum atomic E-state index is 12.3. The van der Waals surface area contributed by atoms with Crippen LogP contribution in [0.2, 0.25) is 0 Å². The Kier molecular flexibility index (Phi) is 5.29. The van der Waals surface area contributed by atoms with Gasteiger partial charge in [-0.2, -0.15) is 0 Å². The van der Waals surface area contributed by atoms with E-state index in [0.29, 0.717) is 11.4 Å². The highest BCUT2D eigenvalue weighted by Gasteiger charge is 2.20. The largest absolute Gasteiger partial charge is 0.373 e. The average molecular weight is 292 g/mol. The van der Waals surface area contributed by atoms with E-state index in [1.54, 1.807) is 26.1 Å². The number of nitrogens with two attached hydrogens (primary N) is 1. The van der Waals surface area contributed by atoms with Crippen LogP contribution in [0.4, 0.5) is 5.82 Å². The van der Waals surface area contributed by atoms with E-state index >= 15 is 0 Å². The van der Waals surface area contributed by atoms with Gasteiger partial charge in [-0.25, -0.2) is 4.98 Å². The Labute approximate surface area is 125 Å². The zero-order chi connectivity index (χ0) is 16.2. The van der Waals surface area contributed by atoms with Crippen LogP contribution in [0.3, 0.4) is 0 Å². The second kappa shape index (κ2) is 6.56. The van der Waals surface area contributed by atoms with E-state index in [4.69, 9.17) is 5.73 Å². The average Bonchev–Trinajstić information content (AvgIpc) is 2.35. The van der Waals surface area contributed by atoms with Gasteiger partial charge < -0.3 is 16.4 Å². The molecule has 1 heterocycles. The van der Waals surface area contributed by atoms with Crippen LogP contribution < -0.4 is 16.4 Å². The van der Waals surface area contributed by atoms with Gasteiger partial charge >= 0.3 is 0 Å². The van der Waals surface area contributed by atoms with E-state index in [2.05, 4.69) is 15.6 Å². The summed E-state index contributed by atoms with van der Waals surface area (Å²) in [5.74, 6) is -0.0490. The third kappa shape index (κ3) is 5.06. The standard InChI is InChI=1S/C15H24N4O2/c1-9(6-12(16)20)18-14(21)10-7-11(15(2,3)4)19-13(8-10)17-5/h7-9H,6H2,1-5H3,(H2,16,20)(H,17,19)(H,18,21). The molecule has 0 bridgehead atoms. The first-order valence-corrected chi connectivity index (χ1v) is 6.93. The highest BCUT2D eigenvalue weighted by Crippen LogP contribution is 2.23. The number of anilines is 1. The van der Waals surface area contributed by atoms with Crippen LogP contribution >= 0.6 is 0 Å². The smallest absolute Gasteiger partial charge is 0.251 e. The van der Waals surface area contributed by atoms with Crippen LogP contribution in [0, 0.1) is 0 Å². The molecule has 116 valence electrons. The van der Waals surface area contributed by atoms with Crippen LogP contribution in [0.15, 0.2) is 12.1 Å². The third-order valence-corrected chi connectivity index (χ3v) is 3.00. The van der Waals surface area contributed by atoms with Crippen molar-refractivity contribution in [2.75, 3.05) is 12.4 Å². The molecule has 1 aromatic heterocycles. The summed E-state index contributed by atoms with van der Waals surface area (Å²) in [5.41, 5.74) is 6.29. The number of pyridine rings is 1. The van der Waals surface area contributed by atoms with Crippen LogP contribution in [0.25, 0.3) is 0 Å². The molecule has 1 atom stereocenters. The second-order valence-corrected chi connectivity index (χ2v) is 6.17. The Morgan fingerprint density at radius 2 is 1.95 bits per heavy atom. The van der Waals surface area contributed by atoms with Gasteiger partial charge in [-0.15, -0.1) is 0 Å². The number of primary amides is 1. The SMILES string of the molecule is CNc1cc(C(=O)NC(C)CC(N)=O)cc(C(C)(C)C)n1. The molecule has 1 aromatic rings. The topological polar surface area (TPSA) is 97.1 Å². The number of nitrogens with one attached hydrogen (secondary N) is 2. The van der Waals surface area contributed by atoms with Crippen molar-refractivity contribution in [1.29, 1.82) is 0 Å². The number of rotatable bonds is 5.